The van der Waals surface area contributed by atoms with Crippen LogP contribution in [0.1, 0.15) is 17.9 Å². The predicted molar refractivity (Wildman–Crippen MR) is 43.9 cm³/mol. The molecule has 0 spiro atoms. The third-order valence-electron chi connectivity index (χ3n) is 1.42. The van der Waals surface area contributed by atoms with Crippen molar-refractivity contribution in [1.82, 2.24) is 5.16 Å². The topological polar surface area (TPSA) is 52.0 Å². The molecule has 3 nitrogen and oxygen atoms in total. The lowest BCUT2D eigenvalue weighted by atomic mass is 10.1. The highest BCUT2D eigenvalue weighted by molar-refractivity contribution is 5.58. The van der Waals surface area contributed by atoms with Crippen LogP contribution in [0.5, 0.6) is 0 Å². The molecule has 60 valence electrons. The molecule has 1 rings (SSSR count). The third-order valence-corrected chi connectivity index (χ3v) is 1.42. The van der Waals surface area contributed by atoms with Gasteiger partial charge < -0.3 is 10.3 Å². The molecule has 0 atom stereocenters. The van der Waals surface area contributed by atoms with E-state index in [0.717, 1.165) is 23.4 Å². The van der Waals surface area contributed by atoms with Crippen molar-refractivity contribution in [1.29, 1.82) is 0 Å². The minimum Gasteiger partial charge on any atom is -0.356 e. The molecule has 0 bridgehead atoms. The lowest BCUT2D eigenvalue weighted by Crippen LogP contribution is -1.98. The second kappa shape index (κ2) is 3.34. The highest BCUT2D eigenvalue weighted by Crippen LogP contribution is 2.15. The van der Waals surface area contributed by atoms with Gasteiger partial charge in [-0.1, -0.05) is 11.7 Å². The number of nitrogens with two attached hydrogens (primary N) is 1. The van der Waals surface area contributed by atoms with Crippen molar-refractivity contribution in [2.24, 2.45) is 5.73 Å². The fourth-order valence-corrected chi connectivity index (χ4v) is 0.828. The molecule has 0 unspecified atom stereocenters. The Balaban J connectivity index is 2.69. The van der Waals surface area contributed by atoms with Crippen molar-refractivity contribution in [2.45, 2.75) is 13.3 Å². The van der Waals surface area contributed by atoms with Gasteiger partial charge in [-0.15, -0.1) is 0 Å². The first-order valence-corrected chi connectivity index (χ1v) is 3.55. The van der Waals surface area contributed by atoms with Crippen LogP contribution in [-0.4, -0.2) is 11.7 Å². The van der Waals surface area contributed by atoms with E-state index in [4.69, 9.17) is 10.3 Å². The van der Waals surface area contributed by atoms with E-state index < -0.39 is 0 Å². The highest BCUT2D eigenvalue weighted by atomic mass is 16.5. The van der Waals surface area contributed by atoms with Gasteiger partial charge in [0, 0.05) is 6.07 Å². The number of hydrogen-bond acceptors (Lipinski definition) is 3. The van der Waals surface area contributed by atoms with E-state index in [0.29, 0.717) is 6.54 Å². The number of aryl methyl sites for hydroxylation is 1. The van der Waals surface area contributed by atoms with Crippen LogP contribution in [0, 0.1) is 6.92 Å². The molecule has 11 heavy (non-hydrogen) atoms. The normalized spacial score (nSPS) is 10.0. The second-order valence-corrected chi connectivity index (χ2v) is 2.47. The van der Waals surface area contributed by atoms with Crippen LogP contribution >= 0.6 is 0 Å². The predicted octanol–water partition coefficient (Wildman–Crippen LogP) is 1.35. The van der Waals surface area contributed by atoms with Gasteiger partial charge in [0.05, 0.1) is 5.69 Å². The number of hydrogen-bond donors (Lipinski definition) is 1. The van der Waals surface area contributed by atoms with Gasteiger partial charge in [-0.2, -0.15) is 0 Å². The Kier molecular flexibility index (Phi) is 2.44. The average molecular weight is 152 g/mol. The van der Waals surface area contributed by atoms with E-state index in [1.807, 2.05) is 13.0 Å². The summed E-state index contributed by atoms with van der Waals surface area (Å²) in [4.78, 5) is 0. The number of nitrogens with zero attached hydrogens (tertiary/aromatic N) is 1. The number of rotatable bonds is 3. The van der Waals surface area contributed by atoms with Crippen LogP contribution in [0.4, 0.5) is 0 Å². The zero-order valence-corrected chi connectivity index (χ0v) is 6.63. The lowest BCUT2D eigenvalue weighted by molar-refractivity contribution is 0.404. The number of aromatic nitrogens is 1. The largest absolute Gasteiger partial charge is 0.356 e. The summed E-state index contributed by atoms with van der Waals surface area (Å²) in [6, 6.07) is 1.86. The van der Waals surface area contributed by atoms with Gasteiger partial charge in [-0.3, -0.25) is 0 Å². The van der Waals surface area contributed by atoms with Crippen LogP contribution in [0.3, 0.4) is 0 Å². The summed E-state index contributed by atoms with van der Waals surface area (Å²) in [7, 11) is 0. The van der Waals surface area contributed by atoms with E-state index >= 15 is 0 Å². The van der Waals surface area contributed by atoms with E-state index in [9.17, 15) is 0 Å². The van der Waals surface area contributed by atoms with E-state index in [2.05, 4.69) is 11.7 Å². The van der Waals surface area contributed by atoms with Crippen molar-refractivity contribution in [2.75, 3.05) is 6.54 Å². The maximum atomic E-state index is 5.35. The van der Waals surface area contributed by atoms with Crippen molar-refractivity contribution < 1.29 is 4.52 Å². The fourth-order valence-electron chi connectivity index (χ4n) is 0.828. The third kappa shape index (κ3) is 1.91. The van der Waals surface area contributed by atoms with Gasteiger partial charge in [0.25, 0.3) is 0 Å². The Morgan fingerprint density at radius 1 is 1.82 bits per heavy atom. The molecule has 3 heteroatoms. The van der Waals surface area contributed by atoms with Gasteiger partial charge in [-0.25, -0.2) is 0 Å². The molecule has 0 radical (unpaired) electrons. The first-order valence-electron chi connectivity index (χ1n) is 3.55. The molecule has 0 amide bonds. The average Bonchev–Trinajstić information content (AvgIpc) is 2.36. The molecule has 2 N–H and O–H groups in total. The van der Waals surface area contributed by atoms with Crippen LogP contribution in [0.25, 0.3) is 5.57 Å². The van der Waals surface area contributed by atoms with Crippen LogP contribution < -0.4 is 5.73 Å². The van der Waals surface area contributed by atoms with Crippen LogP contribution in [0.2, 0.25) is 0 Å². The Labute approximate surface area is 65.9 Å². The second-order valence-electron chi connectivity index (χ2n) is 2.47. The molecule has 0 fully saturated rings. The van der Waals surface area contributed by atoms with Gasteiger partial charge in [0.1, 0.15) is 0 Å². The minimum absolute atomic E-state index is 0.596. The molecule has 0 aliphatic heterocycles. The summed E-state index contributed by atoms with van der Waals surface area (Å²) in [6.07, 6.45) is 0.759. The Morgan fingerprint density at radius 3 is 3.00 bits per heavy atom. The molecule has 0 aliphatic carbocycles. The fraction of sp³-hybridized carbons (Fsp3) is 0.375. The summed E-state index contributed by atoms with van der Waals surface area (Å²) in [6.45, 7) is 6.29. The molecular weight excluding hydrogens is 140 g/mol. The zero-order chi connectivity index (χ0) is 8.27. The SMILES string of the molecule is C=C(CCN)c1cc(C)no1. The summed E-state index contributed by atoms with van der Waals surface area (Å²) >= 11 is 0. The Morgan fingerprint density at radius 2 is 2.55 bits per heavy atom. The molecule has 0 saturated carbocycles. The summed E-state index contributed by atoms with van der Waals surface area (Å²) in [5.41, 5.74) is 7.13. The molecule has 0 saturated heterocycles. The molecule has 0 aromatic carbocycles. The first-order chi connectivity index (χ1) is 5.24. The zero-order valence-electron chi connectivity index (χ0n) is 6.63. The standard InChI is InChI=1S/C8H12N2O/c1-6(3-4-9)8-5-7(2)10-11-8/h5H,1,3-4,9H2,2H3. The summed E-state index contributed by atoms with van der Waals surface area (Å²) < 4.78 is 4.97. The van der Waals surface area contributed by atoms with E-state index in [1.165, 1.54) is 0 Å². The summed E-state index contributed by atoms with van der Waals surface area (Å²) in [5.74, 6) is 0.743. The van der Waals surface area contributed by atoms with Crippen molar-refractivity contribution >= 4 is 5.57 Å². The van der Waals surface area contributed by atoms with E-state index in [-0.39, 0.29) is 0 Å². The van der Waals surface area contributed by atoms with Crippen LogP contribution in [0.15, 0.2) is 17.2 Å². The smallest absolute Gasteiger partial charge is 0.162 e. The van der Waals surface area contributed by atoms with Crippen LogP contribution in [-0.2, 0) is 0 Å². The molecule has 1 heterocycles. The summed E-state index contributed by atoms with van der Waals surface area (Å²) in [5, 5.41) is 3.74. The van der Waals surface area contributed by atoms with Crippen molar-refractivity contribution in [3.05, 3.63) is 24.1 Å². The molecule has 1 aromatic heterocycles. The van der Waals surface area contributed by atoms with E-state index in [1.54, 1.807) is 0 Å². The Bertz CT molecular complexity index is 252. The first kappa shape index (κ1) is 8.01. The van der Waals surface area contributed by atoms with Crippen molar-refractivity contribution in [3.8, 4) is 0 Å². The molecular formula is C8H12N2O. The maximum Gasteiger partial charge on any atom is 0.162 e. The quantitative estimate of drug-likeness (QED) is 0.711. The minimum atomic E-state index is 0.596. The van der Waals surface area contributed by atoms with Gasteiger partial charge in [0.2, 0.25) is 0 Å². The van der Waals surface area contributed by atoms with Crippen molar-refractivity contribution in [3.63, 3.8) is 0 Å². The molecule has 1 aromatic rings. The maximum absolute atomic E-state index is 5.35. The molecule has 0 aliphatic rings. The monoisotopic (exact) mass is 152 g/mol. The van der Waals surface area contributed by atoms with Gasteiger partial charge in [0.15, 0.2) is 5.76 Å². The Hall–Kier alpha value is -1.09. The van der Waals surface area contributed by atoms with Gasteiger partial charge >= 0.3 is 0 Å². The van der Waals surface area contributed by atoms with Gasteiger partial charge in [-0.05, 0) is 25.5 Å². The lowest BCUT2D eigenvalue weighted by Gasteiger charge is -1.95. The highest BCUT2D eigenvalue weighted by Gasteiger charge is 2.03.